The maximum absolute atomic E-state index is 9.59. The number of aliphatic hydroxyl groups excluding tert-OH is 1. The minimum Gasteiger partial charge on any atom is -0.394 e. The van der Waals surface area contributed by atoms with Crippen molar-refractivity contribution in [3.63, 3.8) is 0 Å². The van der Waals surface area contributed by atoms with Crippen molar-refractivity contribution >= 4 is 21.6 Å². The third-order valence-corrected chi connectivity index (χ3v) is 3.83. The molecule has 1 aromatic rings. The number of hydrogen-bond acceptors (Lipinski definition) is 3. The van der Waals surface area contributed by atoms with E-state index in [4.69, 9.17) is 0 Å². The summed E-state index contributed by atoms with van der Waals surface area (Å²) >= 11 is 3.52. The van der Waals surface area contributed by atoms with Gasteiger partial charge in [0, 0.05) is 10.2 Å². The summed E-state index contributed by atoms with van der Waals surface area (Å²) in [4.78, 5) is 0. The lowest BCUT2D eigenvalue weighted by molar-refractivity contribution is 0.179. The number of para-hydroxylation sites is 1. The molecule has 1 fully saturated rings. The van der Waals surface area contributed by atoms with Gasteiger partial charge in [0.25, 0.3) is 0 Å². The summed E-state index contributed by atoms with van der Waals surface area (Å²) in [6.45, 7) is 2.09. The lowest BCUT2D eigenvalue weighted by Crippen LogP contribution is -2.50. The van der Waals surface area contributed by atoms with E-state index in [2.05, 4.69) is 26.6 Å². The molecule has 4 heteroatoms. The maximum Gasteiger partial charge on any atom is 0.0662 e. The van der Waals surface area contributed by atoms with Crippen LogP contribution in [0.5, 0.6) is 0 Å². The Morgan fingerprint density at radius 2 is 2.00 bits per heavy atom. The topological polar surface area (TPSA) is 44.3 Å². The number of benzene rings is 1. The molecule has 2 rings (SSSR count). The average Bonchev–Trinajstić information content (AvgIpc) is 2.33. The lowest BCUT2D eigenvalue weighted by atomic mass is 9.89. The van der Waals surface area contributed by atoms with E-state index in [0.29, 0.717) is 0 Å². The smallest absolute Gasteiger partial charge is 0.0662 e. The second kappa shape index (κ2) is 5.17. The van der Waals surface area contributed by atoms with Gasteiger partial charge in [0.15, 0.2) is 0 Å². The predicted octanol–water partition coefficient (Wildman–Crippen LogP) is 1.98. The Morgan fingerprint density at radius 1 is 1.31 bits per heavy atom. The minimum absolute atomic E-state index is 0.172. The van der Waals surface area contributed by atoms with E-state index in [1.807, 2.05) is 24.3 Å². The van der Waals surface area contributed by atoms with E-state index in [1.54, 1.807) is 0 Å². The van der Waals surface area contributed by atoms with Crippen LogP contribution in [0.2, 0.25) is 0 Å². The van der Waals surface area contributed by atoms with Crippen molar-refractivity contribution in [2.75, 3.05) is 25.0 Å². The zero-order valence-electron chi connectivity index (χ0n) is 9.17. The van der Waals surface area contributed by atoms with Crippen LogP contribution >= 0.6 is 15.9 Å². The maximum atomic E-state index is 9.59. The van der Waals surface area contributed by atoms with E-state index in [-0.39, 0.29) is 12.1 Å². The van der Waals surface area contributed by atoms with Gasteiger partial charge in [-0.05, 0) is 54.0 Å². The molecular formula is C12H17BrN2O. The molecule has 16 heavy (non-hydrogen) atoms. The Bertz CT molecular complexity index is 351. The molecule has 0 amide bonds. The van der Waals surface area contributed by atoms with E-state index in [1.165, 1.54) is 0 Å². The summed E-state index contributed by atoms with van der Waals surface area (Å²) in [6.07, 6.45) is 1.90. The van der Waals surface area contributed by atoms with Gasteiger partial charge in [-0.25, -0.2) is 0 Å². The fourth-order valence-corrected chi connectivity index (χ4v) is 2.46. The third-order valence-electron chi connectivity index (χ3n) is 3.14. The highest BCUT2D eigenvalue weighted by molar-refractivity contribution is 9.10. The van der Waals surface area contributed by atoms with Crippen molar-refractivity contribution < 1.29 is 5.11 Å². The first-order valence-corrected chi connectivity index (χ1v) is 6.39. The van der Waals surface area contributed by atoms with Crippen molar-refractivity contribution in [2.45, 2.75) is 18.4 Å². The van der Waals surface area contributed by atoms with Gasteiger partial charge in [-0.15, -0.1) is 0 Å². The van der Waals surface area contributed by atoms with Crippen LogP contribution in [-0.2, 0) is 0 Å². The number of halogens is 1. The highest BCUT2D eigenvalue weighted by Crippen LogP contribution is 2.28. The summed E-state index contributed by atoms with van der Waals surface area (Å²) in [5.41, 5.74) is 0.883. The van der Waals surface area contributed by atoms with Crippen molar-refractivity contribution in [1.82, 2.24) is 5.32 Å². The molecule has 3 N–H and O–H groups in total. The predicted molar refractivity (Wildman–Crippen MR) is 69.7 cm³/mol. The first-order valence-electron chi connectivity index (χ1n) is 5.60. The largest absolute Gasteiger partial charge is 0.394 e. The molecule has 0 aromatic heterocycles. The van der Waals surface area contributed by atoms with Gasteiger partial charge in [-0.3, -0.25) is 0 Å². The highest BCUT2D eigenvalue weighted by Gasteiger charge is 2.31. The van der Waals surface area contributed by atoms with Crippen LogP contribution in [-0.4, -0.2) is 30.3 Å². The van der Waals surface area contributed by atoms with Crippen LogP contribution in [0.25, 0.3) is 0 Å². The summed E-state index contributed by atoms with van der Waals surface area (Å²) in [7, 11) is 0. The molecule has 1 aromatic carbocycles. The van der Waals surface area contributed by atoms with Crippen LogP contribution < -0.4 is 10.6 Å². The van der Waals surface area contributed by atoms with Gasteiger partial charge in [-0.1, -0.05) is 12.1 Å². The average molecular weight is 285 g/mol. The van der Waals surface area contributed by atoms with Crippen molar-refractivity contribution in [3.8, 4) is 0 Å². The fraction of sp³-hybridized carbons (Fsp3) is 0.500. The van der Waals surface area contributed by atoms with Crippen LogP contribution in [0, 0.1) is 0 Å². The zero-order chi connectivity index (χ0) is 11.4. The molecule has 88 valence electrons. The SMILES string of the molecule is OCC1(Nc2ccccc2Br)CCNCC1. The third kappa shape index (κ3) is 2.56. The molecule has 0 radical (unpaired) electrons. The first-order chi connectivity index (χ1) is 7.76. The molecular weight excluding hydrogens is 268 g/mol. The second-order valence-electron chi connectivity index (χ2n) is 4.29. The molecule has 0 saturated carbocycles. The Kier molecular flexibility index (Phi) is 3.84. The minimum atomic E-state index is -0.172. The Labute approximate surface area is 104 Å². The van der Waals surface area contributed by atoms with Crippen molar-refractivity contribution in [1.29, 1.82) is 0 Å². The number of nitrogens with one attached hydrogen (secondary N) is 2. The van der Waals surface area contributed by atoms with E-state index < -0.39 is 0 Å². The Balaban J connectivity index is 2.15. The van der Waals surface area contributed by atoms with Crippen LogP contribution in [0.3, 0.4) is 0 Å². The monoisotopic (exact) mass is 284 g/mol. The number of rotatable bonds is 3. The van der Waals surface area contributed by atoms with Crippen molar-refractivity contribution in [3.05, 3.63) is 28.7 Å². The van der Waals surface area contributed by atoms with Crippen molar-refractivity contribution in [2.24, 2.45) is 0 Å². The zero-order valence-corrected chi connectivity index (χ0v) is 10.8. The summed E-state index contributed by atoms with van der Waals surface area (Å²) in [5.74, 6) is 0. The molecule has 0 bridgehead atoms. The lowest BCUT2D eigenvalue weighted by Gasteiger charge is -2.38. The van der Waals surface area contributed by atoms with Crippen LogP contribution in [0.1, 0.15) is 12.8 Å². The van der Waals surface area contributed by atoms with Gasteiger partial charge in [-0.2, -0.15) is 0 Å². The fourth-order valence-electron chi connectivity index (χ4n) is 2.08. The van der Waals surface area contributed by atoms with Gasteiger partial charge in [0.05, 0.1) is 12.1 Å². The number of anilines is 1. The molecule has 0 atom stereocenters. The van der Waals surface area contributed by atoms with Gasteiger partial charge in [0.2, 0.25) is 0 Å². The van der Waals surface area contributed by atoms with E-state index >= 15 is 0 Å². The van der Waals surface area contributed by atoms with Gasteiger partial charge < -0.3 is 15.7 Å². The molecule has 0 spiro atoms. The second-order valence-corrected chi connectivity index (χ2v) is 5.15. The Hall–Kier alpha value is -0.580. The molecule has 0 aliphatic carbocycles. The summed E-state index contributed by atoms with van der Waals surface area (Å²) in [5, 5.41) is 16.4. The van der Waals surface area contributed by atoms with Crippen LogP contribution in [0.15, 0.2) is 28.7 Å². The first kappa shape index (κ1) is 11.9. The molecule has 1 aliphatic rings. The molecule has 1 heterocycles. The summed E-state index contributed by atoms with van der Waals surface area (Å²) < 4.78 is 1.04. The molecule has 1 saturated heterocycles. The molecule has 0 unspecified atom stereocenters. The Morgan fingerprint density at radius 3 is 2.62 bits per heavy atom. The van der Waals surface area contributed by atoms with Gasteiger partial charge >= 0.3 is 0 Å². The van der Waals surface area contributed by atoms with Gasteiger partial charge in [0.1, 0.15) is 0 Å². The molecule has 1 aliphatic heterocycles. The summed E-state index contributed by atoms with van der Waals surface area (Å²) in [6, 6.07) is 8.03. The highest BCUT2D eigenvalue weighted by atomic mass is 79.9. The normalized spacial score (nSPS) is 19.4. The number of aliphatic hydroxyl groups is 1. The standard InChI is InChI=1S/C12H17BrN2O/c13-10-3-1-2-4-11(10)15-12(9-16)5-7-14-8-6-12/h1-4,14-16H,5-9H2. The van der Waals surface area contributed by atoms with E-state index in [0.717, 1.165) is 36.1 Å². The number of piperidine rings is 1. The quantitative estimate of drug-likeness (QED) is 0.795. The van der Waals surface area contributed by atoms with E-state index in [9.17, 15) is 5.11 Å². The molecule has 3 nitrogen and oxygen atoms in total. The van der Waals surface area contributed by atoms with Crippen LogP contribution in [0.4, 0.5) is 5.69 Å². The number of hydrogen-bond donors (Lipinski definition) is 3.